The fourth-order valence-electron chi connectivity index (χ4n) is 18.4. The molecule has 1 nitrogen and oxygen atoms in total. The molecular formula is C105H80BrN. The summed E-state index contributed by atoms with van der Waals surface area (Å²) in [5.41, 5.74) is 37.0. The maximum absolute atomic E-state index is 3.71. The van der Waals surface area contributed by atoms with Gasteiger partial charge in [0.15, 0.2) is 0 Å². The second-order valence-electron chi connectivity index (χ2n) is 29.8. The van der Waals surface area contributed by atoms with Gasteiger partial charge in [-0.15, -0.1) is 0 Å². The van der Waals surface area contributed by atoms with Crippen molar-refractivity contribution in [2.75, 3.05) is 4.90 Å². The summed E-state index contributed by atoms with van der Waals surface area (Å²) in [7, 11) is 0. The third kappa shape index (κ3) is 11.2. The maximum Gasteiger partial charge on any atom is 0.0714 e. The average molecular weight is 1440 g/mol. The van der Waals surface area contributed by atoms with E-state index in [1.807, 2.05) is 0 Å². The molecule has 0 fully saturated rings. The topological polar surface area (TPSA) is 3.24 Å². The Morgan fingerprint density at radius 2 is 0.542 bits per heavy atom. The van der Waals surface area contributed by atoms with E-state index in [1.165, 1.54) is 145 Å². The van der Waals surface area contributed by atoms with Gasteiger partial charge < -0.3 is 4.90 Å². The van der Waals surface area contributed by atoms with E-state index in [9.17, 15) is 0 Å². The van der Waals surface area contributed by atoms with E-state index in [2.05, 4.69) is 449 Å². The fraction of sp³-hybridized carbons (Fsp3) is 0.0857. The molecule has 0 aromatic heterocycles. The molecule has 4 aliphatic rings. The SMILES string of the molecule is Brc1ccc2c(c1)C(c1ccccc1)(c1ccccc1)c1ccccc1-2.CC1(C)c2ccccc2-c2ccc(Cc3ccccc3-c3ccccc3)cc21.CC1(C)c2ccccc2-c2ccc(N(c3ccc4c(c3)C(c3ccccc3)(c3ccccc3)c3ccccc3-4)c3ccccc3-c3ccccc3)cc21. The molecule has 0 radical (unpaired) electrons. The minimum absolute atomic E-state index is 0.0564. The second kappa shape index (κ2) is 27.4. The summed E-state index contributed by atoms with van der Waals surface area (Å²) >= 11 is 3.71. The maximum atomic E-state index is 3.71. The van der Waals surface area contributed by atoms with Crippen LogP contribution in [-0.4, -0.2) is 0 Å². The predicted octanol–water partition coefficient (Wildman–Crippen LogP) is 27.6. The summed E-state index contributed by atoms with van der Waals surface area (Å²) in [6.07, 6.45) is 0.949. The van der Waals surface area contributed by atoms with Crippen LogP contribution in [0.15, 0.2) is 405 Å². The average Bonchev–Trinajstić information content (AvgIpc) is 1.56. The predicted molar refractivity (Wildman–Crippen MR) is 452 cm³/mol. The van der Waals surface area contributed by atoms with Gasteiger partial charge in [0, 0.05) is 32.2 Å². The number of para-hydroxylation sites is 1. The smallest absolute Gasteiger partial charge is 0.0714 e. The fourth-order valence-corrected chi connectivity index (χ4v) is 18.8. The monoisotopic (exact) mass is 1430 g/mol. The standard InChI is InChI=1S/C52H39N.C28H24.C25H17Br/c1-51(2)46-27-15-12-25-42(46)44-32-30-39(34-48(44)51)53(50-29-17-14-24-41(50)36-18-6-3-7-19-36)40-31-33-45-43-26-13-16-28-47(43)52(49(45)35-40,37-20-8-4-9-21-37)38-22-10-5-11-23-38;1-28(2)26-15-9-8-14-24(26)25-17-16-20(19-27(25)28)18-22-12-6-7-13-23(22)21-10-4-3-5-11-21;26-20-15-16-22-21-13-7-8-14-23(21)25(24(22)17-20,18-9-3-1-4-10-18)19-11-5-2-6-12-19/h3-35H,1-2H3;3-17,19H,18H2,1-2H3;1-17H. The molecule has 16 aromatic rings. The number of hydrogen-bond donors (Lipinski definition) is 0. The zero-order valence-electron chi connectivity index (χ0n) is 60.6. The Balaban J connectivity index is 0.000000126. The zero-order valence-corrected chi connectivity index (χ0v) is 62.2. The lowest BCUT2D eigenvalue weighted by Crippen LogP contribution is -2.28. The van der Waals surface area contributed by atoms with Gasteiger partial charge in [0.25, 0.3) is 0 Å². The summed E-state index contributed by atoms with van der Waals surface area (Å²) in [5, 5.41) is 0. The van der Waals surface area contributed by atoms with Gasteiger partial charge in [-0.1, -0.05) is 402 Å². The number of benzene rings is 16. The van der Waals surface area contributed by atoms with Crippen molar-refractivity contribution in [3.05, 3.63) is 483 Å². The van der Waals surface area contributed by atoms with E-state index in [-0.39, 0.29) is 16.2 Å². The molecular weight excluding hydrogens is 1360 g/mol. The molecule has 0 bridgehead atoms. The normalized spacial score (nSPS) is 14.0. The highest BCUT2D eigenvalue weighted by Crippen LogP contribution is 2.60. The third-order valence-electron chi connectivity index (χ3n) is 23.3. The van der Waals surface area contributed by atoms with Crippen molar-refractivity contribution in [3.63, 3.8) is 0 Å². The second-order valence-corrected chi connectivity index (χ2v) is 30.8. The Morgan fingerprint density at radius 3 is 1.01 bits per heavy atom. The van der Waals surface area contributed by atoms with Crippen molar-refractivity contribution in [2.24, 2.45) is 0 Å². The highest BCUT2D eigenvalue weighted by Gasteiger charge is 2.48. The molecule has 0 unspecified atom stereocenters. The summed E-state index contributed by atoms with van der Waals surface area (Å²) in [6.45, 7) is 9.42. The first-order valence-electron chi connectivity index (χ1n) is 37.4. The number of hydrogen-bond acceptors (Lipinski definition) is 1. The highest BCUT2D eigenvalue weighted by atomic mass is 79.9. The highest BCUT2D eigenvalue weighted by molar-refractivity contribution is 9.10. The molecule has 2 heteroatoms. The van der Waals surface area contributed by atoms with Crippen LogP contribution in [0.5, 0.6) is 0 Å². The van der Waals surface area contributed by atoms with Crippen molar-refractivity contribution in [3.8, 4) is 66.8 Å². The Morgan fingerprint density at radius 1 is 0.234 bits per heavy atom. The summed E-state index contributed by atoms with van der Waals surface area (Å²) in [4.78, 5) is 2.49. The van der Waals surface area contributed by atoms with Crippen molar-refractivity contribution >= 4 is 33.0 Å². The van der Waals surface area contributed by atoms with Crippen molar-refractivity contribution in [1.82, 2.24) is 0 Å². The lowest BCUT2D eigenvalue weighted by atomic mass is 9.67. The van der Waals surface area contributed by atoms with E-state index in [0.29, 0.717) is 0 Å². The summed E-state index contributed by atoms with van der Waals surface area (Å²) in [6, 6.07) is 147. The molecule has 0 amide bonds. The first-order chi connectivity index (χ1) is 52.5. The molecule has 107 heavy (non-hydrogen) atoms. The molecule has 16 aromatic carbocycles. The minimum atomic E-state index is -0.489. The molecule has 0 heterocycles. The molecule has 0 saturated heterocycles. The molecule has 0 spiro atoms. The number of anilines is 3. The van der Waals surface area contributed by atoms with E-state index in [0.717, 1.165) is 28.0 Å². The van der Waals surface area contributed by atoms with Crippen LogP contribution in [0.2, 0.25) is 0 Å². The van der Waals surface area contributed by atoms with Crippen LogP contribution in [0.25, 0.3) is 66.8 Å². The van der Waals surface area contributed by atoms with Crippen LogP contribution >= 0.6 is 15.9 Å². The number of rotatable bonds is 11. The van der Waals surface area contributed by atoms with Gasteiger partial charge >= 0.3 is 0 Å². The van der Waals surface area contributed by atoms with Gasteiger partial charge in [-0.05, 0) is 188 Å². The van der Waals surface area contributed by atoms with Gasteiger partial charge in [-0.2, -0.15) is 0 Å². The van der Waals surface area contributed by atoms with Crippen LogP contribution in [0, 0.1) is 0 Å². The van der Waals surface area contributed by atoms with Crippen molar-refractivity contribution < 1.29 is 0 Å². The van der Waals surface area contributed by atoms with Crippen LogP contribution in [-0.2, 0) is 28.1 Å². The molecule has 512 valence electrons. The third-order valence-corrected chi connectivity index (χ3v) is 23.8. The van der Waals surface area contributed by atoms with Gasteiger partial charge in [0.2, 0.25) is 0 Å². The van der Waals surface area contributed by atoms with Crippen LogP contribution in [0.1, 0.15) is 106 Å². The zero-order chi connectivity index (χ0) is 72.3. The first-order valence-corrected chi connectivity index (χ1v) is 38.2. The molecule has 20 rings (SSSR count). The lowest BCUT2D eigenvalue weighted by molar-refractivity contribution is 0.659. The quantitative estimate of drug-likeness (QED) is 0.125. The molecule has 0 N–H and O–H groups in total. The Bertz CT molecular complexity index is 5900. The van der Waals surface area contributed by atoms with Gasteiger partial charge in [0.05, 0.1) is 16.5 Å². The minimum Gasteiger partial charge on any atom is -0.310 e. The van der Waals surface area contributed by atoms with Crippen molar-refractivity contribution in [1.29, 1.82) is 0 Å². The Kier molecular flexibility index (Phi) is 17.1. The van der Waals surface area contributed by atoms with Crippen LogP contribution in [0.3, 0.4) is 0 Å². The summed E-state index contributed by atoms with van der Waals surface area (Å²) < 4.78 is 1.11. The molecule has 0 saturated carbocycles. The van der Waals surface area contributed by atoms with E-state index >= 15 is 0 Å². The number of halogens is 1. The van der Waals surface area contributed by atoms with Gasteiger partial charge in [-0.3, -0.25) is 0 Å². The van der Waals surface area contributed by atoms with E-state index in [4.69, 9.17) is 0 Å². The van der Waals surface area contributed by atoms with Gasteiger partial charge in [0.1, 0.15) is 0 Å². The molecule has 4 aliphatic carbocycles. The first kappa shape index (κ1) is 66.7. The van der Waals surface area contributed by atoms with E-state index < -0.39 is 5.41 Å². The van der Waals surface area contributed by atoms with Crippen LogP contribution < -0.4 is 4.90 Å². The number of fused-ring (bicyclic) bond motifs is 12. The van der Waals surface area contributed by atoms with Crippen molar-refractivity contribution in [2.45, 2.75) is 55.8 Å². The Labute approximate surface area is 638 Å². The lowest BCUT2D eigenvalue weighted by Gasteiger charge is -2.35. The summed E-state index contributed by atoms with van der Waals surface area (Å²) in [5.74, 6) is 0. The number of nitrogens with zero attached hydrogens (tertiary/aromatic N) is 1. The largest absolute Gasteiger partial charge is 0.310 e. The van der Waals surface area contributed by atoms with Crippen LogP contribution in [0.4, 0.5) is 17.1 Å². The molecule has 0 aliphatic heterocycles. The van der Waals surface area contributed by atoms with Gasteiger partial charge in [-0.25, -0.2) is 0 Å². The van der Waals surface area contributed by atoms with E-state index in [1.54, 1.807) is 0 Å². The Hall–Kier alpha value is -12.2. The molecule has 0 atom stereocenters.